The van der Waals surface area contributed by atoms with Gasteiger partial charge in [0, 0.05) is 13.0 Å². The lowest BCUT2D eigenvalue weighted by Gasteiger charge is -2.28. The van der Waals surface area contributed by atoms with Crippen molar-refractivity contribution in [2.75, 3.05) is 13.7 Å². The fraction of sp³-hybridized carbons (Fsp3) is 0.692. The van der Waals surface area contributed by atoms with Gasteiger partial charge in [-0.1, -0.05) is 12.2 Å². The first-order valence-electron chi connectivity index (χ1n) is 6.19. The number of amides is 1. The third-order valence-electron chi connectivity index (χ3n) is 3.92. The zero-order valence-corrected chi connectivity index (χ0v) is 10.7. The minimum Gasteiger partial charge on any atom is -0.479 e. The van der Waals surface area contributed by atoms with Gasteiger partial charge in [0.2, 0.25) is 5.91 Å². The number of carboxylic acid groups (broad SMARTS) is 1. The summed E-state index contributed by atoms with van der Waals surface area (Å²) < 4.78 is 4.88. The summed E-state index contributed by atoms with van der Waals surface area (Å²) in [5.41, 5.74) is -1.35. The van der Waals surface area contributed by atoms with E-state index >= 15 is 0 Å². The molecule has 1 fully saturated rings. The van der Waals surface area contributed by atoms with Gasteiger partial charge in [-0.15, -0.1) is 0 Å². The van der Waals surface area contributed by atoms with Crippen LogP contribution in [0.3, 0.4) is 0 Å². The number of carbonyl (C=O) groups is 2. The third kappa shape index (κ3) is 2.27. The van der Waals surface area contributed by atoms with E-state index in [1.165, 1.54) is 14.0 Å². The lowest BCUT2D eigenvalue weighted by molar-refractivity contribution is -0.150. The molecule has 5 nitrogen and oxygen atoms in total. The zero-order chi connectivity index (χ0) is 13.3. The predicted octanol–water partition coefficient (Wildman–Crippen LogP) is 0.804. The highest BCUT2D eigenvalue weighted by Gasteiger charge is 2.43. The van der Waals surface area contributed by atoms with E-state index in [0.717, 1.165) is 12.8 Å². The van der Waals surface area contributed by atoms with Crippen molar-refractivity contribution in [3.8, 4) is 0 Å². The Balaban J connectivity index is 2.02. The predicted molar refractivity (Wildman–Crippen MR) is 64.9 cm³/mol. The van der Waals surface area contributed by atoms with Crippen LogP contribution in [0.5, 0.6) is 0 Å². The van der Waals surface area contributed by atoms with Crippen LogP contribution in [0, 0.1) is 17.8 Å². The summed E-state index contributed by atoms with van der Waals surface area (Å²) in [6.07, 6.45) is 6.08. The number of rotatable bonds is 5. The minimum atomic E-state index is -1.35. The number of hydrogen-bond acceptors (Lipinski definition) is 3. The molecule has 2 N–H and O–H groups in total. The largest absolute Gasteiger partial charge is 0.479 e. The van der Waals surface area contributed by atoms with Crippen LogP contribution in [-0.4, -0.2) is 36.2 Å². The Labute approximate surface area is 106 Å². The molecule has 18 heavy (non-hydrogen) atoms. The highest BCUT2D eigenvalue weighted by molar-refractivity contribution is 5.88. The molecule has 2 aliphatic rings. The van der Waals surface area contributed by atoms with Crippen LogP contribution in [0.15, 0.2) is 12.2 Å². The molecule has 0 radical (unpaired) electrons. The van der Waals surface area contributed by atoms with E-state index in [0.29, 0.717) is 5.92 Å². The maximum atomic E-state index is 12.2. The molecule has 4 atom stereocenters. The Hall–Kier alpha value is -1.36. The lowest BCUT2D eigenvalue weighted by atomic mass is 9.91. The molecule has 100 valence electrons. The van der Waals surface area contributed by atoms with Crippen LogP contribution in [-0.2, 0) is 14.3 Å². The molecule has 0 aliphatic heterocycles. The summed E-state index contributed by atoms with van der Waals surface area (Å²) in [6, 6.07) is 0. The highest BCUT2D eigenvalue weighted by atomic mass is 16.5. The first-order valence-corrected chi connectivity index (χ1v) is 6.19. The summed E-state index contributed by atoms with van der Waals surface area (Å²) >= 11 is 0. The van der Waals surface area contributed by atoms with Gasteiger partial charge in [0.15, 0.2) is 5.54 Å². The van der Waals surface area contributed by atoms with Crippen LogP contribution in [0.2, 0.25) is 0 Å². The summed E-state index contributed by atoms with van der Waals surface area (Å²) in [4.78, 5) is 23.4. The summed E-state index contributed by atoms with van der Waals surface area (Å²) in [5, 5.41) is 11.8. The Morgan fingerprint density at radius 2 is 2.17 bits per heavy atom. The molecule has 5 heteroatoms. The molecule has 0 aromatic heterocycles. The van der Waals surface area contributed by atoms with E-state index in [1.807, 2.05) is 0 Å². The Kier molecular flexibility index (Phi) is 3.43. The standard InChI is InChI=1S/C13H19NO4/c1-13(7-18-2,12(16)17)14-11(15)10-6-8-3-4-9(10)5-8/h3-4,8-10H,5-7H2,1-2H3,(H,14,15)(H,16,17). The Morgan fingerprint density at radius 1 is 1.44 bits per heavy atom. The van der Waals surface area contributed by atoms with Crippen molar-refractivity contribution in [1.82, 2.24) is 5.32 Å². The van der Waals surface area contributed by atoms with Crippen molar-refractivity contribution in [2.45, 2.75) is 25.3 Å². The van der Waals surface area contributed by atoms with Crippen LogP contribution in [0.1, 0.15) is 19.8 Å². The highest BCUT2D eigenvalue weighted by Crippen LogP contribution is 2.43. The first kappa shape index (κ1) is 13.1. The van der Waals surface area contributed by atoms with Gasteiger partial charge in [0.1, 0.15) is 0 Å². The number of fused-ring (bicyclic) bond motifs is 2. The number of ether oxygens (including phenoxy) is 1. The van der Waals surface area contributed by atoms with Gasteiger partial charge in [-0.3, -0.25) is 4.79 Å². The van der Waals surface area contributed by atoms with Crippen LogP contribution in [0.4, 0.5) is 0 Å². The quantitative estimate of drug-likeness (QED) is 0.711. The van der Waals surface area contributed by atoms with Crippen molar-refractivity contribution in [3.05, 3.63) is 12.2 Å². The number of carbonyl (C=O) groups excluding carboxylic acids is 1. The molecular formula is C13H19NO4. The molecule has 1 saturated carbocycles. The summed E-state index contributed by atoms with van der Waals surface area (Å²) in [6.45, 7) is 1.44. The minimum absolute atomic E-state index is 0.0370. The lowest BCUT2D eigenvalue weighted by Crippen LogP contribution is -2.57. The van der Waals surface area contributed by atoms with Crippen molar-refractivity contribution in [2.24, 2.45) is 17.8 Å². The SMILES string of the molecule is COCC(C)(NC(=O)C1CC2C=CC1C2)C(=O)O. The van der Waals surface area contributed by atoms with Gasteiger partial charge >= 0.3 is 5.97 Å². The number of carboxylic acids is 1. The number of nitrogens with one attached hydrogen (secondary N) is 1. The number of allylic oxidation sites excluding steroid dienone is 2. The molecule has 2 aliphatic carbocycles. The van der Waals surface area contributed by atoms with E-state index in [2.05, 4.69) is 17.5 Å². The van der Waals surface area contributed by atoms with E-state index in [4.69, 9.17) is 4.74 Å². The van der Waals surface area contributed by atoms with Crippen molar-refractivity contribution >= 4 is 11.9 Å². The smallest absolute Gasteiger partial charge is 0.331 e. The molecule has 0 aromatic carbocycles. The molecular weight excluding hydrogens is 234 g/mol. The molecule has 2 bridgehead atoms. The van der Waals surface area contributed by atoms with Gasteiger partial charge in [-0.25, -0.2) is 4.79 Å². The summed E-state index contributed by atoms with van der Waals surface area (Å²) in [7, 11) is 1.42. The van der Waals surface area contributed by atoms with Gasteiger partial charge in [0.05, 0.1) is 6.61 Å². The molecule has 0 spiro atoms. The fourth-order valence-corrected chi connectivity index (χ4v) is 2.89. The van der Waals surface area contributed by atoms with Crippen LogP contribution < -0.4 is 5.32 Å². The maximum absolute atomic E-state index is 12.2. The number of methoxy groups -OCH3 is 1. The average molecular weight is 253 g/mol. The van der Waals surface area contributed by atoms with Gasteiger partial charge in [0.25, 0.3) is 0 Å². The topological polar surface area (TPSA) is 75.6 Å². The van der Waals surface area contributed by atoms with Crippen molar-refractivity contribution in [1.29, 1.82) is 0 Å². The third-order valence-corrected chi connectivity index (χ3v) is 3.92. The number of aliphatic carboxylic acids is 1. The van der Waals surface area contributed by atoms with Crippen LogP contribution in [0.25, 0.3) is 0 Å². The second-order valence-corrected chi connectivity index (χ2v) is 5.45. The zero-order valence-electron chi connectivity index (χ0n) is 10.7. The molecule has 4 unspecified atom stereocenters. The normalized spacial score (nSPS) is 32.2. The van der Waals surface area contributed by atoms with Gasteiger partial charge in [-0.05, 0) is 31.6 Å². The molecule has 0 aromatic rings. The monoisotopic (exact) mass is 253 g/mol. The summed E-state index contributed by atoms with van der Waals surface area (Å²) in [5.74, 6) is -0.569. The number of hydrogen-bond donors (Lipinski definition) is 2. The molecule has 1 amide bonds. The van der Waals surface area contributed by atoms with E-state index in [9.17, 15) is 14.7 Å². The molecule has 0 heterocycles. The first-order chi connectivity index (χ1) is 8.46. The van der Waals surface area contributed by atoms with Crippen molar-refractivity contribution < 1.29 is 19.4 Å². The van der Waals surface area contributed by atoms with Gasteiger partial charge < -0.3 is 15.2 Å². The second-order valence-electron chi connectivity index (χ2n) is 5.45. The maximum Gasteiger partial charge on any atom is 0.331 e. The molecule has 2 rings (SSSR count). The van der Waals surface area contributed by atoms with Crippen molar-refractivity contribution in [3.63, 3.8) is 0 Å². The second kappa shape index (κ2) is 4.72. The van der Waals surface area contributed by atoms with E-state index in [1.54, 1.807) is 0 Å². The Bertz CT molecular complexity index is 392. The Morgan fingerprint density at radius 3 is 2.61 bits per heavy atom. The average Bonchev–Trinajstić information content (AvgIpc) is 2.90. The van der Waals surface area contributed by atoms with Gasteiger partial charge in [-0.2, -0.15) is 0 Å². The molecule has 0 saturated heterocycles. The fourth-order valence-electron chi connectivity index (χ4n) is 2.89. The van der Waals surface area contributed by atoms with Crippen LogP contribution >= 0.6 is 0 Å². The van der Waals surface area contributed by atoms with E-state index < -0.39 is 11.5 Å². The van der Waals surface area contributed by atoms with E-state index in [-0.39, 0.29) is 24.3 Å².